The van der Waals surface area contributed by atoms with E-state index in [0.717, 1.165) is 18.5 Å². The highest BCUT2D eigenvalue weighted by Crippen LogP contribution is 2.32. The van der Waals surface area contributed by atoms with Gasteiger partial charge in [0.25, 0.3) is 0 Å². The molecule has 0 radical (unpaired) electrons. The van der Waals surface area contributed by atoms with Crippen LogP contribution >= 0.6 is 0 Å². The summed E-state index contributed by atoms with van der Waals surface area (Å²) < 4.78 is 0. The van der Waals surface area contributed by atoms with Gasteiger partial charge in [-0.25, -0.2) is 0 Å². The Bertz CT molecular complexity index is 545. The van der Waals surface area contributed by atoms with Crippen LogP contribution in [0.4, 0.5) is 5.69 Å². The summed E-state index contributed by atoms with van der Waals surface area (Å²) in [6.45, 7) is 7.18. The van der Waals surface area contributed by atoms with Crippen LogP contribution < -0.4 is 10.2 Å². The van der Waals surface area contributed by atoms with Gasteiger partial charge in [-0.05, 0) is 42.7 Å². The summed E-state index contributed by atoms with van der Waals surface area (Å²) in [7, 11) is 0. The molecule has 0 saturated heterocycles. The van der Waals surface area contributed by atoms with Crippen LogP contribution in [0, 0.1) is 0 Å². The number of hydrogen-bond donors (Lipinski definition) is 1. The molecule has 2 heteroatoms. The standard InChI is InChI=1S/C16H18N2.H2/c1-12-7-8-17-15(9-12)11-18-13(2)10-14-5-3-4-6-16(14)18;/h3-9,13,17H,1,10-11H2,2H3;1H. The van der Waals surface area contributed by atoms with Crippen LogP contribution in [-0.4, -0.2) is 12.6 Å². The summed E-state index contributed by atoms with van der Waals surface area (Å²) in [6.07, 6.45) is 7.21. The van der Waals surface area contributed by atoms with E-state index in [1.807, 2.05) is 12.3 Å². The smallest absolute Gasteiger partial charge is 0.0583 e. The number of nitrogens with zero attached hydrogens (tertiary/aromatic N) is 1. The van der Waals surface area contributed by atoms with Gasteiger partial charge in [-0.15, -0.1) is 0 Å². The molecule has 1 unspecified atom stereocenters. The SMILES string of the molecule is C=C1C=CNC(CN2c3ccccc3CC2C)=C1.[HH]. The van der Waals surface area contributed by atoms with Crippen molar-refractivity contribution in [3.63, 3.8) is 0 Å². The lowest BCUT2D eigenvalue weighted by molar-refractivity contribution is 0.686. The Balaban J connectivity index is 0.00000133. The predicted molar refractivity (Wildman–Crippen MR) is 78.6 cm³/mol. The molecule has 2 aliphatic rings. The minimum Gasteiger partial charge on any atom is -0.363 e. The van der Waals surface area contributed by atoms with Crippen LogP contribution in [-0.2, 0) is 6.42 Å². The lowest BCUT2D eigenvalue weighted by atomic mass is 10.1. The maximum atomic E-state index is 3.98. The highest BCUT2D eigenvalue weighted by atomic mass is 15.2. The maximum absolute atomic E-state index is 3.98. The number of nitrogens with one attached hydrogen (secondary N) is 1. The van der Waals surface area contributed by atoms with Gasteiger partial charge in [-0.2, -0.15) is 0 Å². The number of allylic oxidation sites excluding steroid dienone is 3. The quantitative estimate of drug-likeness (QED) is 0.853. The molecule has 0 amide bonds. The van der Waals surface area contributed by atoms with Gasteiger partial charge in [0.05, 0.1) is 6.54 Å². The van der Waals surface area contributed by atoms with Crippen LogP contribution in [0.1, 0.15) is 13.9 Å². The minimum atomic E-state index is 0. The van der Waals surface area contributed by atoms with E-state index in [-0.39, 0.29) is 1.43 Å². The van der Waals surface area contributed by atoms with Gasteiger partial charge in [-0.1, -0.05) is 24.8 Å². The van der Waals surface area contributed by atoms with Gasteiger partial charge in [0, 0.05) is 25.1 Å². The fourth-order valence-electron chi connectivity index (χ4n) is 2.71. The van der Waals surface area contributed by atoms with Crippen molar-refractivity contribution in [2.45, 2.75) is 19.4 Å². The molecule has 0 saturated carbocycles. The van der Waals surface area contributed by atoms with Gasteiger partial charge in [-0.3, -0.25) is 0 Å². The number of hydrogen-bond acceptors (Lipinski definition) is 2. The third-order valence-electron chi connectivity index (χ3n) is 3.61. The molecule has 0 aromatic heterocycles. The first-order valence-electron chi connectivity index (χ1n) is 6.41. The second kappa shape index (κ2) is 4.37. The van der Waals surface area contributed by atoms with Crippen molar-refractivity contribution in [2.24, 2.45) is 0 Å². The fraction of sp³-hybridized carbons (Fsp3) is 0.250. The maximum Gasteiger partial charge on any atom is 0.0583 e. The second-order valence-corrected chi connectivity index (χ2v) is 5.03. The van der Waals surface area contributed by atoms with Crippen molar-refractivity contribution in [1.82, 2.24) is 5.32 Å². The molecule has 94 valence electrons. The number of dihydropyridines is 1. The van der Waals surface area contributed by atoms with E-state index in [1.54, 1.807) is 0 Å². The first-order chi connectivity index (χ1) is 8.74. The van der Waals surface area contributed by atoms with Crippen LogP contribution in [0.25, 0.3) is 0 Å². The molecule has 1 atom stereocenters. The van der Waals surface area contributed by atoms with Crippen molar-refractivity contribution < 1.29 is 1.43 Å². The van der Waals surface area contributed by atoms with Gasteiger partial charge >= 0.3 is 0 Å². The van der Waals surface area contributed by atoms with Crippen LogP contribution in [0.5, 0.6) is 0 Å². The third-order valence-corrected chi connectivity index (χ3v) is 3.61. The van der Waals surface area contributed by atoms with E-state index in [4.69, 9.17) is 0 Å². The molecular weight excluding hydrogens is 220 g/mol. The molecule has 0 aliphatic carbocycles. The van der Waals surface area contributed by atoms with E-state index in [0.29, 0.717) is 6.04 Å². The fourth-order valence-corrected chi connectivity index (χ4v) is 2.71. The molecule has 1 N–H and O–H groups in total. The summed E-state index contributed by atoms with van der Waals surface area (Å²) in [6, 6.07) is 9.24. The van der Waals surface area contributed by atoms with Crippen molar-refractivity contribution in [1.29, 1.82) is 0 Å². The topological polar surface area (TPSA) is 15.3 Å². The Morgan fingerprint density at radius 3 is 3.11 bits per heavy atom. The number of anilines is 1. The van der Waals surface area contributed by atoms with Gasteiger partial charge < -0.3 is 10.2 Å². The molecule has 0 spiro atoms. The minimum absolute atomic E-state index is 0. The largest absolute Gasteiger partial charge is 0.363 e. The van der Waals surface area contributed by atoms with Crippen molar-refractivity contribution in [3.05, 3.63) is 66.0 Å². The summed E-state index contributed by atoms with van der Waals surface area (Å²) in [5.41, 5.74) is 5.10. The molecule has 18 heavy (non-hydrogen) atoms. The Hall–Kier alpha value is -1.96. The molecule has 0 fully saturated rings. The predicted octanol–water partition coefficient (Wildman–Crippen LogP) is 3.24. The molecule has 2 nitrogen and oxygen atoms in total. The Kier molecular flexibility index (Phi) is 2.71. The lowest BCUT2D eigenvalue weighted by Crippen LogP contribution is -2.34. The van der Waals surface area contributed by atoms with Gasteiger partial charge in [0.2, 0.25) is 0 Å². The summed E-state index contributed by atoms with van der Waals surface area (Å²) in [4.78, 5) is 2.46. The number of para-hydroxylation sites is 1. The van der Waals surface area contributed by atoms with Gasteiger partial charge in [0.15, 0.2) is 0 Å². The zero-order chi connectivity index (χ0) is 12.5. The van der Waals surface area contributed by atoms with Crippen molar-refractivity contribution in [3.8, 4) is 0 Å². The molecule has 2 aliphatic heterocycles. The Morgan fingerprint density at radius 2 is 2.28 bits per heavy atom. The van der Waals surface area contributed by atoms with E-state index >= 15 is 0 Å². The monoisotopic (exact) mass is 240 g/mol. The molecule has 1 aromatic carbocycles. The van der Waals surface area contributed by atoms with Crippen molar-refractivity contribution >= 4 is 5.69 Å². The first kappa shape index (κ1) is 11.1. The van der Waals surface area contributed by atoms with Crippen LogP contribution in [0.15, 0.2) is 60.5 Å². The summed E-state index contributed by atoms with van der Waals surface area (Å²) >= 11 is 0. The molecule has 1 aromatic rings. The molecular formula is C16H20N2. The van der Waals surface area contributed by atoms with E-state index in [1.165, 1.54) is 16.9 Å². The highest BCUT2D eigenvalue weighted by molar-refractivity contribution is 5.60. The second-order valence-electron chi connectivity index (χ2n) is 5.03. The normalized spacial score (nSPS) is 21.6. The number of rotatable bonds is 2. The van der Waals surface area contributed by atoms with E-state index in [2.05, 4.69) is 54.1 Å². The molecule has 2 heterocycles. The van der Waals surface area contributed by atoms with Crippen LogP contribution in [0.2, 0.25) is 0 Å². The van der Waals surface area contributed by atoms with Gasteiger partial charge in [0.1, 0.15) is 0 Å². The molecule has 0 bridgehead atoms. The Labute approximate surface area is 110 Å². The van der Waals surface area contributed by atoms with E-state index < -0.39 is 0 Å². The zero-order valence-corrected chi connectivity index (χ0v) is 10.7. The highest BCUT2D eigenvalue weighted by Gasteiger charge is 2.25. The third kappa shape index (κ3) is 1.94. The van der Waals surface area contributed by atoms with Crippen molar-refractivity contribution in [2.75, 3.05) is 11.4 Å². The molecule has 3 rings (SSSR count). The average molecular weight is 240 g/mol. The van der Waals surface area contributed by atoms with E-state index in [9.17, 15) is 0 Å². The number of fused-ring (bicyclic) bond motifs is 1. The Morgan fingerprint density at radius 1 is 1.44 bits per heavy atom. The first-order valence-corrected chi connectivity index (χ1v) is 6.41. The zero-order valence-electron chi connectivity index (χ0n) is 10.7. The lowest BCUT2D eigenvalue weighted by Gasteiger charge is -2.27. The number of benzene rings is 1. The average Bonchev–Trinajstić information content (AvgIpc) is 2.66. The summed E-state index contributed by atoms with van der Waals surface area (Å²) in [5.74, 6) is 0. The summed E-state index contributed by atoms with van der Waals surface area (Å²) in [5, 5.41) is 3.31. The van der Waals surface area contributed by atoms with Crippen LogP contribution in [0.3, 0.4) is 0 Å².